The van der Waals surface area contributed by atoms with E-state index in [1.54, 1.807) is 19.2 Å². The summed E-state index contributed by atoms with van der Waals surface area (Å²) in [6.45, 7) is 0.460. The van der Waals surface area contributed by atoms with Gasteiger partial charge in [-0.2, -0.15) is 0 Å². The first kappa shape index (κ1) is 15.2. The largest absolute Gasteiger partial charge is 0.489 e. The summed E-state index contributed by atoms with van der Waals surface area (Å²) < 4.78 is 18.6. The number of nitrogens with zero attached hydrogens (tertiary/aromatic N) is 3. The summed E-state index contributed by atoms with van der Waals surface area (Å²) in [5, 5.41) is 7.53. The standard InChI is InChI=1S/C14H13ClFN3O2/c1-19(14(20)11-6-7-13(15)18-17-11)8-9-21-12-5-3-2-4-10(12)16/h2-7H,8-9H2,1H3. The van der Waals surface area contributed by atoms with Crippen molar-refractivity contribution >= 4 is 17.5 Å². The number of carbonyl (C=O) groups is 1. The van der Waals surface area contributed by atoms with E-state index in [0.717, 1.165) is 0 Å². The molecule has 0 saturated carbocycles. The van der Waals surface area contributed by atoms with Crippen LogP contribution in [0.25, 0.3) is 0 Å². The molecule has 0 aliphatic carbocycles. The number of halogens is 2. The van der Waals surface area contributed by atoms with Crippen molar-refractivity contribution in [1.82, 2.24) is 15.1 Å². The minimum absolute atomic E-state index is 0.157. The molecule has 7 heteroatoms. The van der Waals surface area contributed by atoms with Gasteiger partial charge in [0.25, 0.3) is 5.91 Å². The number of para-hydroxylation sites is 1. The van der Waals surface area contributed by atoms with Crippen molar-refractivity contribution in [2.45, 2.75) is 0 Å². The van der Waals surface area contributed by atoms with Gasteiger partial charge in [0.15, 0.2) is 22.4 Å². The number of likely N-dealkylation sites (N-methyl/N-ethyl adjacent to an activating group) is 1. The number of carbonyl (C=O) groups excluding carboxylic acids is 1. The first-order chi connectivity index (χ1) is 10.1. The van der Waals surface area contributed by atoms with Gasteiger partial charge in [0, 0.05) is 7.05 Å². The average molecular weight is 310 g/mol. The van der Waals surface area contributed by atoms with Gasteiger partial charge in [-0.05, 0) is 24.3 Å². The first-order valence-corrected chi connectivity index (χ1v) is 6.58. The van der Waals surface area contributed by atoms with Gasteiger partial charge in [-0.15, -0.1) is 10.2 Å². The van der Waals surface area contributed by atoms with Gasteiger partial charge in [-0.25, -0.2) is 4.39 Å². The lowest BCUT2D eigenvalue weighted by molar-refractivity contribution is 0.0766. The summed E-state index contributed by atoms with van der Waals surface area (Å²) in [6, 6.07) is 9.08. The van der Waals surface area contributed by atoms with Gasteiger partial charge in [-0.1, -0.05) is 23.7 Å². The average Bonchev–Trinajstić information content (AvgIpc) is 2.49. The molecule has 1 heterocycles. The third-order valence-corrected chi connectivity index (χ3v) is 2.92. The molecule has 0 spiro atoms. The highest BCUT2D eigenvalue weighted by atomic mass is 35.5. The number of rotatable bonds is 5. The zero-order valence-electron chi connectivity index (χ0n) is 11.3. The van der Waals surface area contributed by atoms with Crippen LogP contribution in [-0.2, 0) is 0 Å². The molecule has 0 aliphatic rings. The lowest BCUT2D eigenvalue weighted by Gasteiger charge is -2.16. The number of amides is 1. The first-order valence-electron chi connectivity index (χ1n) is 6.20. The topological polar surface area (TPSA) is 55.3 Å². The van der Waals surface area contributed by atoms with Crippen molar-refractivity contribution < 1.29 is 13.9 Å². The molecule has 0 atom stereocenters. The summed E-state index contributed by atoms with van der Waals surface area (Å²) in [5.41, 5.74) is 0.188. The van der Waals surface area contributed by atoms with Crippen LogP contribution in [0.4, 0.5) is 4.39 Å². The van der Waals surface area contributed by atoms with Gasteiger partial charge in [0.1, 0.15) is 6.61 Å². The Morgan fingerprint density at radius 2 is 2.05 bits per heavy atom. The van der Waals surface area contributed by atoms with Gasteiger partial charge in [0.05, 0.1) is 6.54 Å². The lowest BCUT2D eigenvalue weighted by atomic mass is 10.3. The highest BCUT2D eigenvalue weighted by Gasteiger charge is 2.13. The number of aromatic nitrogens is 2. The smallest absolute Gasteiger partial charge is 0.274 e. The third kappa shape index (κ3) is 4.13. The maximum atomic E-state index is 13.3. The van der Waals surface area contributed by atoms with E-state index in [0.29, 0.717) is 0 Å². The molecule has 1 aromatic carbocycles. The van der Waals surface area contributed by atoms with E-state index < -0.39 is 5.82 Å². The Balaban J connectivity index is 1.87. The van der Waals surface area contributed by atoms with E-state index in [1.807, 2.05) is 0 Å². The second-order valence-corrected chi connectivity index (χ2v) is 4.63. The highest BCUT2D eigenvalue weighted by Crippen LogP contribution is 2.15. The molecule has 1 aromatic heterocycles. The molecule has 0 bridgehead atoms. The summed E-state index contributed by atoms with van der Waals surface area (Å²) >= 11 is 5.61. The predicted molar refractivity (Wildman–Crippen MR) is 75.9 cm³/mol. The van der Waals surface area contributed by atoms with Crippen LogP contribution in [0.3, 0.4) is 0 Å². The van der Waals surface area contributed by atoms with Gasteiger partial charge in [-0.3, -0.25) is 4.79 Å². The van der Waals surface area contributed by atoms with E-state index in [1.165, 1.54) is 29.2 Å². The van der Waals surface area contributed by atoms with Crippen molar-refractivity contribution in [3.63, 3.8) is 0 Å². The molecule has 2 rings (SSSR count). The molecule has 0 saturated heterocycles. The summed E-state index contributed by atoms with van der Waals surface area (Å²) in [6.07, 6.45) is 0. The summed E-state index contributed by atoms with van der Waals surface area (Å²) in [4.78, 5) is 13.4. The molecule has 1 amide bonds. The van der Waals surface area contributed by atoms with E-state index in [4.69, 9.17) is 16.3 Å². The van der Waals surface area contributed by atoms with Crippen LogP contribution in [0.2, 0.25) is 5.15 Å². The molecule has 0 N–H and O–H groups in total. The Hall–Kier alpha value is -2.21. The van der Waals surface area contributed by atoms with Crippen LogP contribution >= 0.6 is 11.6 Å². The molecule has 110 valence electrons. The number of benzene rings is 1. The zero-order chi connectivity index (χ0) is 15.2. The maximum absolute atomic E-state index is 13.3. The normalized spacial score (nSPS) is 10.2. The Bertz CT molecular complexity index is 622. The van der Waals surface area contributed by atoms with Crippen molar-refractivity contribution in [3.8, 4) is 5.75 Å². The van der Waals surface area contributed by atoms with Crippen LogP contribution in [0.15, 0.2) is 36.4 Å². The maximum Gasteiger partial charge on any atom is 0.274 e. The Morgan fingerprint density at radius 1 is 1.29 bits per heavy atom. The van der Waals surface area contributed by atoms with Gasteiger partial charge < -0.3 is 9.64 Å². The minimum Gasteiger partial charge on any atom is -0.489 e. The predicted octanol–water partition coefficient (Wildman–Crippen LogP) is 2.42. The Morgan fingerprint density at radius 3 is 2.71 bits per heavy atom. The second-order valence-electron chi connectivity index (χ2n) is 4.25. The molecule has 0 radical (unpaired) electrons. The molecular formula is C14H13ClFN3O2. The van der Waals surface area contributed by atoms with E-state index in [9.17, 15) is 9.18 Å². The fraction of sp³-hybridized carbons (Fsp3) is 0.214. The SMILES string of the molecule is CN(CCOc1ccccc1F)C(=O)c1ccc(Cl)nn1. The Labute approximate surface area is 126 Å². The van der Waals surface area contributed by atoms with Gasteiger partial charge >= 0.3 is 0 Å². The fourth-order valence-electron chi connectivity index (χ4n) is 1.58. The van der Waals surface area contributed by atoms with Crippen LogP contribution in [0.1, 0.15) is 10.5 Å². The molecule has 5 nitrogen and oxygen atoms in total. The Kier molecular flexibility index (Phi) is 5.05. The van der Waals surface area contributed by atoms with Crippen LogP contribution in [0, 0.1) is 5.82 Å². The summed E-state index contributed by atoms with van der Waals surface area (Å²) in [7, 11) is 1.60. The van der Waals surface area contributed by atoms with Crippen molar-refractivity contribution in [2.24, 2.45) is 0 Å². The van der Waals surface area contributed by atoms with Crippen molar-refractivity contribution in [3.05, 3.63) is 53.1 Å². The molecule has 21 heavy (non-hydrogen) atoms. The quantitative estimate of drug-likeness (QED) is 0.851. The van der Waals surface area contributed by atoms with Crippen LogP contribution < -0.4 is 4.74 Å². The van der Waals surface area contributed by atoms with Gasteiger partial charge in [0.2, 0.25) is 0 Å². The van der Waals surface area contributed by atoms with Crippen molar-refractivity contribution in [2.75, 3.05) is 20.2 Å². The minimum atomic E-state index is -0.435. The van der Waals surface area contributed by atoms with Crippen LogP contribution in [0.5, 0.6) is 5.75 Å². The van der Waals surface area contributed by atoms with Crippen molar-refractivity contribution in [1.29, 1.82) is 0 Å². The van der Waals surface area contributed by atoms with E-state index in [2.05, 4.69) is 10.2 Å². The number of hydrogen-bond acceptors (Lipinski definition) is 4. The molecule has 2 aromatic rings. The van der Waals surface area contributed by atoms with Crippen LogP contribution in [-0.4, -0.2) is 41.2 Å². The monoisotopic (exact) mass is 309 g/mol. The molecule has 0 aliphatic heterocycles. The van der Waals surface area contributed by atoms with E-state index >= 15 is 0 Å². The lowest BCUT2D eigenvalue weighted by Crippen LogP contribution is -2.31. The highest BCUT2D eigenvalue weighted by molar-refractivity contribution is 6.29. The fourth-order valence-corrected chi connectivity index (χ4v) is 1.68. The molecule has 0 fully saturated rings. The number of ether oxygens (including phenoxy) is 1. The molecule has 0 unspecified atom stereocenters. The molecular weight excluding hydrogens is 297 g/mol. The number of hydrogen-bond donors (Lipinski definition) is 0. The second kappa shape index (κ2) is 6.99. The van der Waals surface area contributed by atoms with E-state index in [-0.39, 0.29) is 35.7 Å². The zero-order valence-corrected chi connectivity index (χ0v) is 12.0. The third-order valence-electron chi connectivity index (χ3n) is 2.72. The summed E-state index contributed by atoms with van der Waals surface area (Å²) in [5.74, 6) is -0.587.